The van der Waals surface area contributed by atoms with Gasteiger partial charge in [-0.25, -0.2) is 9.78 Å². The maximum Gasteiger partial charge on any atom is 0.410 e. The summed E-state index contributed by atoms with van der Waals surface area (Å²) in [5.41, 5.74) is 1.62. The molecule has 0 unspecified atom stereocenters. The smallest absolute Gasteiger partial charge is 0.410 e. The fourth-order valence-corrected chi connectivity index (χ4v) is 2.13. The number of methoxy groups -OCH3 is 1. The molecule has 1 amide bonds. The fraction of sp³-hybridized carbons (Fsp3) is 0.500. The molecule has 0 saturated carbocycles. The van der Waals surface area contributed by atoms with Crippen molar-refractivity contribution < 1.29 is 14.3 Å². The quantitative estimate of drug-likeness (QED) is 0.839. The van der Waals surface area contributed by atoms with Crippen LogP contribution in [0.3, 0.4) is 0 Å². The highest BCUT2D eigenvalue weighted by Crippen LogP contribution is 2.23. The third-order valence-corrected chi connectivity index (χ3v) is 3.12. The predicted molar refractivity (Wildman–Crippen MR) is 81.2 cm³/mol. The summed E-state index contributed by atoms with van der Waals surface area (Å²) in [5.74, 6) is 0.583. The van der Waals surface area contributed by atoms with Gasteiger partial charge >= 0.3 is 6.09 Å². The lowest BCUT2D eigenvalue weighted by molar-refractivity contribution is 0.0273. The predicted octanol–water partition coefficient (Wildman–Crippen LogP) is 3.11. The zero-order valence-electron chi connectivity index (χ0n) is 13.0. The van der Waals surface area contributed by atoms with Gasteiger partial charge in [0.1, 0.15) is 5.60 Å². The molecule has 0 aromatic carbocycles. The molecule has 114 valence electrons. The molecular formula is C16H22N2O3. The van der Waals surface area contributed by atoms with E-state index in [1.807, 2.05) is 32.9 Å². The molecule has 0 bridgehead atoms. The summed E-state index contributed by atoms with van der Waals surface area (Å²) < 4.78 is 10.5. The molecule has 5 nitrogen and oxygen atoms in total. The van der Waals surface area contributed by atoms with Crippen LogP contribution < -0.4 is 4.74 Å². The van der Waals surface area contributed by atoms with Crippen molar-refractivity contribution >= 4 is 11.7 Å². The van der Waals surface area contributed by atoms with E-state index in [1.54, 1.807) is 18.2 Å². The van der Waals surface area contributed by atoms with E-state index in [9.17, 15) is 4.79 Å². The van der Waals surface area contributed by atoms with Crippen LogP contribution in [0.4, 0.5) is 4.79 Å². The summed E-state index contributed by atoms with van der Waals surface area (Å²) in [4.78, 5) is 18.1. The summed E-state index contributed by atoms with van der Waals surface area (Å²) >= 11 is 0. The molecule has 1 aliphatic heterocycles. The normalized spacial score (nSPS) is 15.4. The molecule has 2 rings (SSSR count). The van der Waals surface area contributed by atoms with Crippen LogP contribution in [0.25, 0.3) is 5.57 Å². The molecule has 1 aliphatic rings. The van der Waals surface area contributed by atoms with E-state index in [1.165, 1.54) is 0 Å². The number of pyridine rings is 1. The third-order valence-electron chi connectivity index (χ3n) is 3.12. The molecule has 1 aromatic heterocycles. The molecule has 21 heavy (non-hydrogen) atoms. The number of ether oxygens (including phenoxy) is 2. The minimum atomic E-state index is -0.472. The monoisotopic (exact) mass is 290 g/mol. The van der Waals surface area contributed by atoms with Crippen LogP contribution in [-0.2, 0) is 4.74 Å². The second-order valence-electron chi connectivity index (χ2n) is 6.01. The Labute approximate surface area is 125 Å². The molecular weight excluding hydrogens is 268 g/mol. The van der Waals surface area contributed by atoms with Crippen molar-refractivity contribution in [3.05, 3.63) is 30.0 Å². The van der Waals surface area contributed by atoms with Gasteiger partial charge in [0, 0.05) is 25.4 Å². The average molecular weight is 290 g/mol. The highest BCUT2D eigenvalue weighted by molar-refractivity contribution is 5.75. The van der Waals surface area contributed by atoms with Crippen LogP contribution in [0.5, 0.6) is 5.88 Å². The number of hydrogen-bond acceptors (Lipinski definition) is 4. The summed E-state index contributed by atoms with van der Waals surface area (Å²) in [6.07, 6.45) is 4.46. The Hall–Kier alpha value is -2.04. The summed E-state index contributed by atoms with van der Waals surface area (Å²) in [6, 6.07) is 3.78. The van der Waals surface area contributed by atoms with E-state index in [-0.39, 0.29) is 6.09 Å². The molecule has 2 heterocycles. The second kappa shape index (κ2) is 6.16. The van der Waals surface area contributed by atoms with Gasteiger partial charge in [-0.3, -0.25) is 0 Å². The van der Waals surface area contributed by atoms with E-state index in [4.69, 9.17) is 9.47 Å². The minimum Gasteiger partial charge on any atom is -0.481 e. The maximum atomic E-state index is 12.1. The lowest BCUT2D eigenvalue weighted by Gasteiger charge is -2.30. The topological polar surface area (TPSA) is 51.7 Å². The zero-order valence-corrected chi connectivity index (χ0v) is 13.0. The number of rotatable bonds is 2. The number of nitrogens with zero attached hydrogens (tertiary/aromatic N) is 2. The first-order valence-electron chi connectivity index (χ1n) is 7.06. The van der Waals surface area contributed by atoms with Crippen molar-refractivity contribution in [2.24, 2.45) is 0 Å². The molecule has 0 spiro atoms. The van der Waals surface area contributed by atoms with Crippen molar-refractivity contribution in [1.82, 2.24) is 9.88 Å². The first-order valence-corrected chi connectivity index (χ1v) is 7.06. The molecule has 5 heteroatoms. The second-order valence-corrected chi connectivity index (χ2v) is 6.01. The van der Waals surface area contributed by atoms with Gasteiger partial charge in [0.2, 0.25) is 5.88 Å². The standard InChI is InChI=1S/C16H22N2O3/c1-16(2,3)21-15(19)18-9-5-6-13(11-18)12-7-8-14(20-4)17-10-12/h6-8,10H,5,9,11H2,1-4H3. The highest BCUT2D eigenvalue weighted by Gasteiger charge is 2.24. The number of carbonyl (C=O) groups excluding carboxylic acids is 1. The van der Waals surface area contributed by atoms with Crippen molar-refractivity contribution in [2.75, 3.05) is 20.2 Å². The van der Waals surface area contributed by atoms with Crippen molar-refractivity contribution in [2.45, 2.75) is 32.8 Å². The third kappa shape index (κ3) is 4.21. The number of amides is 1. The molecule has 0 saturated heterocycles. The number of carbonyl (C=O) groups is 1. The highest BCUT2D eigenvalue weighted by atomic mass is 16.6. The van der Waals surface area contributed by atoms with Gasteiger partial charge in [0.15, 0.2) is 0 Å². The molecule has 0 radical (unpaired) electrons. The minimum absolute atomic E-state index is 0.269. The van der Waals surface area contributed by atoms with Crippen molar-refractivity contribution in [3.63, 3.8) is 0 Å². The van der Waals surface area contributed by atoms with Gasteiger partial charge in [-0.2, -0.15) is 0 Å². The van der Waals surface area contributed by atoms with Crippen LogP contribution in [-0.4, -0.2) is 41.8 Å². The zero-order chi connectivity index (χ0) is 15.5. The molecule has 1 aromatic rings. The van der Waals surface area contributed by atoms with E-state index < -0.39 is 5.60 Å². The van der Waals surface area contributed by atoms with Gasteiger partial charge in [0.05, 0.1) is 7.11 Å². The van der Waals surface area contributed by atoms with Crippen LogP contribution in [0.1, 0.15) is 32.8 Å². The Morgan fingerprint density at radius 3 is 2.67 bits per heavy atom. The van der Waals surface area contributed by atoms with Crippen LogP contribution >= 0.6 is 0 Å². The van der Waals surface area contributed by atoms with Crippen LogP contribution in [0.2, 0.25) is 0 Å². The van der Waals surface area contributed by atoms with Crippen LogP contribution in [0.15, 0.2) is 24.4 Å². The first kappa shape index (κ1) is 15.4. The molecule has 0 fully saturated rings. The summed E-state index contributed by atoms with van der Waals surface area (Å²) in [6.45, 7) is 6.85. The Balaban J connectivity index is 2.06. The summed E-state index contributed by atoms with van der Waals surface area (Å²) in [5, 5.41) is 0. The fourth-order valence-electron chi connectivity index (χ4n) is 2.13. The Kier molecular flexibility index (Phi) is 4.50. The largest absolute Gasteiger partial charge is 0.481 e. The van der Waals surface area contributed by atoms with Gasteiger partial charge in [0.25, 0.3) is 0 Å². The maximum absolute atomic E-state index is 12.1. The molecule has 0 atom stereocenters. The van der Waals surface area contributed by atoms with Crippen molar-refractivity contribution in [1.29, 1.82) is 0 Å². The van der Waals surface area contributed by atoms with Gasteiger partial charge in [-0.05, 0) is 44.4 Å². The van der Waals surface area contributed by atoms with E-state index in [2.05, 4.69) is 11.1 Å². The lowest BCUT2D eigenvalue weighted by atomic mass is 10.0. The Morgan fingerprint density at radius 2 is 2.10 bits per heavy atom. The summed E-state index contributed by atoms with van der Waals surface area (Å²) in [7, 11) is 1.59. The SMILES string of the molecule is COc1ccc(C2=CCCN(C(=O)OC(C)(C)C)C2)cn1. The van der Waals surface area contributed by atoms with Crippen LogP contribution in [0, 0.1) is 0 Å². The van der Waals surface area contributed by atoms with Gasteiger partial charge in [-0.1, -0.05) is 6.08 Å². The van der Waals surface area contributed by atoms with E-state index in [0.717, 1.165) is 17.6 Å². The Bertz CT molecular complexity index is 529. The molecule has 0 N–H and O–H groups in total. The van der Waals surface area contributed by atoms with Gasteiger partial charge in [-0.15, -0.1) is 0 Å². The molecule has 0 aliphatic carbocycles. The number of aromatic nitrogens is 1. The average Bonchev–Trinajstić information content (AvgIpc) is 2.46. The Morgan fingerprint density at radius 1 is 1.33 bits per heavy atom. The van der Waals surface area contributed by atoms with Crippen molar-refractivity contribution in [3.8, 4) is 5.88 Å². The number of hydrogen-bond donors (Lipinski definition) is 0. The van der Waals surface area contributed by atoms with E-state index in [0.29, 0.717) is 19.0 Å². The first-order chi connectivity index (χ1) is 9.89. The van der Waals surface area contributed by atoms with E-state index >= 15 is 0 Å². The lowest BCUT2D eigenvalue weighted by Crippen LogP contribution is -2.39. The van der Waals surface area contributed by atoms with Gasteiger partial charge < -0.3 is 14.4 Å².